The van der Waals surface area contributed by atoms with Crippen LogP contribution in [-0.4, -0.2) is 34.2 Å². The lowest BCUT2D eigenvalue weighted by Crippen LogP contribution is -2.60. The first-order valence-corrected chi connectivity index (χ1v) is 10.1. The van der Waals surface area contributed by atoms with Crippen molar-refractivity contribution in [2.75, 3.05) is 0 Å². The van der Waals surface area contributed by atoms with Crippen molar-refractivity contribution in [3.8, 4) is 0 Å². The van der Waals surface area contributed by atoms with Gasteiger partial charge in [-0.1, -0.05) is 25.5 Å². The highest BCUT2D eigenvalue weighted by atomic mass is 16.5. The maximum absolute atomic E-state index is 12.7. The molecule has 3 aliphatic carbocycles. The fourth-order valence-electron chi connectivity index (χ4n) is 6.55. The number of imide groups is 1. The van der Waals surface area contributed by atoms with E-state index in [1.165, 1.54) is 12.5 Å². The number of amides is 2. The SMILES string of the molecule is CC(=O)O[C@H]1CC[C@@]2(C)C(=CC[C@@H]3[C@@H]2CC[C@]2(C)C(=O)N(O)C(=O)C[C@@H]32)C1. The number of carbonyl (C=O) groups excluding carboxylic acids is 3. The van der Waals surface area contributed by atoms with E-state index >= 15 is 0 Å². The van der Waals surface area contributed by atoms with E-state index in [1.807, 2.05) is 6.92 Å². The van der Waals surface area contributed by atoms with Gasteiger partial charge in [0.15, 0.2) is 0 Å². The van der Waals surface area contributed by atoms with Gasteiger partial charge in [-0.25, -0.2) is 0 Å². The van der Waals surface area contributed by atoms with Gasteiger partial charge in [0.25, 0.3) is 11.8 Å². The number of esters is 1. The molecule has 3 fully saturated rings. The summed E-state index contributed by atoms with van der Waals surface area (Å²) in [5.74, 6) is -0.425. The van der Waals surface area contributed by atoms with Crippen LogP contribution in [0.2, 0.25) is 0 Å². The normalized spacial score (nSPS) is 44.0. The predicted molar refractivity (Wildman–Crippen MR) is 96.3 cm³/mol. The van der Waals surface area contributed by atoms with Crippen molar-refractivity contribution in [2.24, 2.45) is 28.6 Å². The molecule has 27 heavy (non-hydrogen) atoms. The van der Waals surface area contributed by atoms with E-state index in [2.05, 4.69) is 13.0 Å². The van der Waals surface area contributed by atoms with Gasteiger partial charge in [0.2, 0.25) is 0 Å². The van der Waals surface area contributed by atoms with E-state index in [0.29, 0.717) is 17.4 Å². The number of rotatable bonds is 1. The number of ether oxygens (including phenoxy) is 1. The van der Waals surface area contributed by atoms with Crippen LogP contribution in [0.3, 0.4) is 0 Å². The van der Waals surface area contributed by atoms with Crippen molar-refractivity contribution >= 4 is 17.8 Å². The highest BCUT2D eigenvalue weighted by Gasteiger charge is 2.60. The first kappa shape index (κ1) is 18.7. The third kappa shape index (κ3) is 2.67. The summed E-state index contributed by atoms with van der Waals surface area (Å²) in [7, 11) is 0. The zero-order valence-electron chi connectivity index (χ0n) is 16.4. The molecule has 0 aromatic heterocycles. The smallest absolute Gasteiger partial charge is 0.302 e. The Balaban J connectivity index is 1.62. The molecular formula is C21H29NO5. The molecule has 1 aliphatic heterocycles. The van der Waals surface area contributed by atoms with Crippen LogP contribution < -0.4 is 0 Å². The van der Waals surface area contributed by atoms with Crippen molar-refractivity contribution in [3.63, 3.8) is 0 Å². The van der Waals surface area contributed by atoms with Gasteiger partial charge in [0.1, 0.15) is 6.10 Å². The number of nitrogens with zero attached hydrogens (tertiary/aromatic N) is 1. The molecule has 6 nitrogen and oxygen atoms in total. The molecule has 2 amide bonds. The van der Waals surface area contributed by atoms with Crippen LogP contribution in [0, 0.1) is 28.6 Å². The van der Waals surface area contributed by atoms with E-state index < -0.39 is 17.2 Å². The Labute approximate surface area is 159 Å². The highest BCUT2D eigenvalue weighted by Crippen LogP contribution is 2.63. The molecule has 1 heterocycles. The van der Waals surface area contributed by atoms with Crippen molar-refractivity contribution in [1.29, 1.82) is 0 Å². The minimum atomic E-state index is -0.652. The molecule has 0 radical (unpaired) electrons. The summed E-state index contributed by atoms with van der Waals surface area (Å²) in [6.45, 7) is 5.70. The van der Waals surface area contributed by atoms with Crippen LogP contribution in [-0.2, 0) is 19.1 Å². The van der Waals surface area contributed by atoms with Crippen LogP contribution in [0.15, 0.2) is 11.6 Å². The topological polar surface area (TPSA) is 83.9 Å². The molecule has 2 saturated carbocycles. The molecule has 0 aromatic rings. The largest absolute Gasteiger partial charge is 0.462 e. The van der Waals surface area contributed by atoms with Gasteiger partial charge in [-0.15, -0.1) is 0 Å². The Morgan fingerprint density at radius 1 is 1.15 bits per heavy atom. The second-order valence-corrected chi connectivity index (χ2v) is 9.40. The van der Waals surface area contributed by atoms with Crippen LogP contribution in [0.25, 0.3) is 0 Å². The Kier molecular flexibility index (Phi) is 4.26. The summed E-state index contributed by atoms with van der Waals surface area (Å²) >= 11 is 0. The van der Waals surface area contributed by atoms with Crippen LogP contribution in [0.1, 0.15) is 65.7 Å². The minimum Gasteiger partial charge on any atom is -0.462 e. The van der Waals surface area contributed by atoms with Gasteiger partial charge in [-0.2, -0.15) is 5.06 Å². The lowest BCUT2D eigenvalue weighted by Gasteiger charge is -2.59. The van der Waals surface area contributed by atoms with Gasteiger partial charge < -0.3 is 4.74 Å². The second kappa shape index (κ2) is 6.16. The molecule has 0 aromatic carbocycles. The maximum atomic E-state index is 12.7. The van der Waals surface area contributed by atoms with Gasteiger partial charge in [-0.3, -0.25) is 19.6 Å². The van der Waals surface area contributed by atoms with Crippen LogP contribution in [0.5, 0.6) is 0 Å². The van der Waals surface area contributed by atoms with Crippen LogP contribution in [0.4, 0.5) is 0 Å². The number of allylic oxidation sites excluding steroid dienone is 1. The van der Waals surface area contributed by atoms with Crippen molar-refractivity contribution in [3.05, 3.63) is 11.6 Å². The average Bonchev–Trinajstić information content (AvgIpc) is 2.61. The van der Waals surface area contributed by atoms with E-state index in [4.69, 9.17) is 4.74 Å². The predicted octanol–water partition coefficient (Wildman–Crippen LogP) is 3.24. The number of piperidine rings is 1. The molecular weight excluding hydrogens is 346 g/mol. The standard InChI is InChI=1S/C21H29NO5/c1-12(23)27-14-6-8-20(2)13(10-14)4-5-15-16(20)7-9-21(3)17(15)11-18(24)22(26)19(21)25/h4,14-17,26H,5-11H2,1-3H3/t14-,15+,16-,17-,20-,21-/m0/s1. The first-order chi connectivity index (χ1) is 12.7. The summed E-state index contributed by atoms with van der Waals surface area (Å²) in [5.41, 5.74) is 0.770. The average molecular weight is 375 g/mol. The number of hydroxylamine groups is 2. The molecule has 0 spiro atoms. The Morgan fingerprint density at radius 3 is 2.56 bits per heavy atom. The summed E-state index contributed by atoms with van der Waals surface area (Å²) in [4.78, 5) is 36.2. The number of fused-ring (bicyclic) bond motifs is 5. The molecule has 6 heteroatoms. The maximum Gasteiger partial charge on any atom is 0.302 e. The first-order valence-electron chi connectivity index (χ1n) is 10.1. The van der Waals surface area contributed by atoms with Gasteiger partial charge in [0, 0.05) is 19.8 Å². The van der Waals surface area contributed by atoms with Crippen molar-refractivity contribution in [1.82, 2.24) is 5.06 Å². The number of hydrogen-bond acceptors (Lipinski definition) is 5. The molecule has 4 rings (SSSR count). The van der Waals surface area contributed by atoms with Crippen molar-refractivity contribution in [2.45, 2.75) is 71.8 Å². The summed E-state index contributed by atoms with van der Waals surface area (Å²) in [6.07, 6.45) is 7.61. The van der Waals surface area contributed by atoms with E-state index in [0.717, 1.165) is 32.1 Å². The Hall–Kier alpha value is -1.69. The number of carbonyl (C=O) groups is 3. The molecule has 4 aliphatic rings. The second-order valence-electron chi connectivity index (χ2n) is 9.40. The quantitative estimate of drug-likeness (QED) is 0.329. The Morgan fingerprint density at radius 2 is 1.85 bits per heavy atom. The van der Waals surface area contributed by atoms with Crippen molar-refractivity contribution < 1.29 is 24.3 Å². The molecule has 148 valence electrons. The third-order valence-corrected chi connectivity index (χ3v) is 8.09. The lowest BCUT2D eigenvalue weighted by atomic mass is 9.46. The molecule has 1 saturated heterocycles. The Bertz CT molecular complexity index is 730. The van der Waals surface area contributed by atoms with Gasteiger partial charge in [0.05, 0.1) is 5.41 Å². The van der Waals surface area contributed by atoms with Crippen LogP contribution >= 0.6 is 0 Å². The zero-order valence-corrected chi connectivity index (χ0v) is 16.4. The number of hydrogen-bond donors (Lipinski definition) is 1. The summed E-state index contributed by atoms with van der Waals surface area (Å²) in [5, 5.41) is 10.2. The molecule has 0 unspecified atom stereocenters. The molecule has 6 atom stereocenters. The minimum absolute atomic E-state index is 0.0135. The third-order valence-electron chi connectivity index (χ3n) is 8.09. The fraction of sp³-hybridized carbons (Fsp3) is 0.762. The lowest BCUT2D eigenvalue weighted by molar-refractivity contribution is -0.206. The van der Waals surface area contributed by atoms with Gasteiger partial charge in [-0.05, 0) is 55.3 Å². The van der Waals surface area contributed by atoms with E-state index in [1.54, 1.807) is 0 Å². The summed E-state index contributed by atoms with van der Waals surface area (Å²) < 4.78 is 5.46. The van der Waals surface area contributed by atoms with E-state index in [9.17, 15) is 19.6 Å². The van der Waals surface area contributed by atoms with Gasteiger partial charge >= 0.3 is 5.97 Å². The van der Waals surface area contributed by atoms with E-state index in [-0.39, 0.29) is 35.7 Å². The zero-order chi connectivity index (χ0) is 19.6. The molecule has 1 N–H and O–H groups in total. The fourth-order valence-corrected chi connectivity index (χ4v) is 6.55. The molecule has 0 bridgehead atoms. The highest BCUT2D eigenvalue weighted by molar-refractivity contribution is 5.99. The monoisotopic (exact) mass is 375 g/mol. The summed E-state index contributed by atoms with van der Waals surface area (Å²) in [6, 6.07) is 0.